The van der Waals surface area contributed by atoms with E-state index in [4.69, 9.17) is 0 Å². The molecule has 0 bridgehead atoms. The van der Waals surface area contributed by atoms with Crippen molar-refractivity contribution in [3.63, 3.8) is 0 Å². The van der Waals surface area contributed by atoms with Gasteiger partial charge in [-0.05, 0) is 25.1 Å². The van der Waals surface area contributed by atoms with Gasteiger partial charge >= 0.3 is 6.18 Å². The van der Waals surface area contributed by atoms with Crippen molar-refractivity contribution in [1.82, 2.24) is 29.1 Å². The second kappa shape index (κ2) is 7.34. The molecule has 0 spiro atoms. The molecule has 30 heavy (non-hydrogen) atoms. The van der Waals surface area contributed by atoms with E-state index in [0.29, 0.717) is 6.20 Å². The molecule has 0 aliphatic carbocycles. The predicted octanol–water partition coefficient (Wildman–Crippen LogP) is 2.61. The van der Waals surface area contributed by atoms with E-state index in [1.54, 1.807) is 17.7 Å². The lowest BCUT2D eigenvalue weighted by Gasteiger charge is -2.14. The van der Waals surface area contributed by atoms with Crippen LogP contribution in [0, 0.1) is 0 Å². The summed E-state index contributed by atoms with van der Waals surface area (Å²) < 4.78 is 41.4. The van der Waals surface area contributed by atoms with Gasteiger partial charge in [0.25, 0.3) is 5.56 Å². The molecule has 0 saturated heterocycles. The first kappa shape index (κ1) is 19.7. The third-order valence-corrected chi connectivity index (χ3v) is 4.59. The van der Waals surface area contributed by atoms with Gasteiger partial charge in [0.1, 0.15) is 11.8 Å². The molecule has 154 valence electrons. The number of imidazole rings is 1. The van der Waals surface area contributed by atoms with Crippen molar-refractivity contribution in [2.75, 3.05) is 6.61 Å². The molecule has 1 N–H and O–H groups in total. The van der Waals surface area contributed by atoms with Crippen LogP contribution in [0.2, 0.25) is 0 Å². The van der Waals surface area contributed by atoms with E-state index in [1.807, 2.05) is 0 Å². The van der Waals surface area contributed by atoms with Crippen LogP contribution in [0.5, 0.6) is 0 Å². The highest BCUT2D eigenvalue weighted by molar-refractivity contribution is 5.87. The number of aliphatic hydroxyl groups is 1. The lowest BCUT2D eigenvalue weighted by Crippen LogP contribution is -2.26. The molecule has 4 rings (SSSR count). The maximum atomic E-state index is 13.0. The molecular weight excluding hydrogens is 401 g/mol. The Kier molecular flexibility index (Phi) is 4.82. The van der Waals surface area contributed by atoms with Crippen molar-refractivity contribution in [3.8, 4) is 17.2 Å². The molecule has 0 fully saturated rings. The Bertz CT molecular complexity index is 1250. The van der Waals surface area contributed by atoms with Crippen molar-refractivity contribution in [2.24, 2.45) is 0 Å². The molecule has 11 heteroatoms. The number of nitrogens with zero attached hydrogens (tertiary/aromatic N) is 6. The normalized spacial score (nSPS) is 13.0. The number of aromatic nitrogens is 6. The van der Waals surface area contributed by atoms with Crippen LogP contribution in [0.3, 0.4) is 0 Å². The molecule has 4 aromatic heterocycles. The Morgan fingerprint density at radius 2 is 1.97 bits per heavy atom. The summed E-state index contributed by atoms with van der Waals surface area (Å²) >= 11 is 0. The highest BCUT2D eigenvalue weighted by atomic mass is 19.4. The van der Waals surface area contributed by atoms with E-state index in [0.717, 1.165) is 6.07 Å². The van der Waals surface area contributed by atoms with Crippen molar-refractivity contribution in [1.29, 1.82) is 0 Å². The number of halogens is 3. The SMILES string of the molecule is C[C@@H](CO)n1cnc2c(-n3ccnc3)nc(-c3ccc(C(F)(F)F)cn3)cc2c1=O. The summed E-state index contributed by atoms with van der Waals surface area (Å²) in [6.07, 6.45) is 2.12. The zero-order valence-corrected chi connectivity index (χ0v) is 15.6. The van der Waals surface area contributed by atoms with Gasteiger partial charge in [0.15, 0.2) is 5.82 Å². The minimum Gasteiger partial charge on any atom is -0.394 e. The quantitative estimate of drug-likeness (QED) is 0.549. The Hall–Kier alpha value is -3.60. The maximum absolute atomic E-state index is 13.0. The first-order valence-corrected chi connectivity index (χ1v) is 8.84. The van der Waals surface area contributed by atoms with Gasteiger partial charge in [0.2, 0.25) is 0 Å². The van der Waals surface area contributed by atoms with E-state index in [-0.39, 0.29) is 34.7 Å². The lowest BCUT2D eigenvalue weighted by molar-refractivity contribution is -0.137. The summed E-state index contributed by atoms with van der Waals surface area (Å²) in [5, 5.41) is 9.59. The maximum Gasteiger partial charge on any atom is 0.417 e. The summed E-state index contributed by atoms with van der Waals surface area (Å²) in [5.74, 6) is 0.280. The molecule has 8 nitrogen and oxygen atoms in total. The van der Waals surface area contributed by atoms with Gasteiger partial charge in [-0.2, -0.15) is 13.2 Å². The number of fused-ring (bicyclic) bond motifs is 1. The molecule has 1 atom stereocenters. The number of aliphatic hydroxyl groups excluding tert-OH is 1. The number of pyridine rings is 2. The summed E-state index contributed by atoms with van der Waals surface area (Å²) in [4.78, 5) is 29.6. The third-order valence-electron chi connectivity index (χ3n) is 4.59. The van der Waals surface area contributed by atoms with Crippen LogP contribution in [0.25, 0.3) is 28.1 Å². The van der Waals surface area contributed by atoms with Crippen molar-refractivity contribution < 1.29 is 18.3 Å². The van der Waals surface area contributed by atoms with Crippen molar-refractivity contribution >= 4 is 10.9 Å². The standard InChI is InChI=1S/C19H15F3N6O2/c1-11(8-29)28-10-25-16-13(18(28)30)6-15(26-17(16)27-5-4-23-9-27)14-3-2-12(7-24-14)19(20,21)22/h2-7,9-11,29H,8H2,1H3/t11-/m0/s1. The Labute approximate surface area is 167 Å². The first-order chi connectivity index (χ1) is 14.3. The summed E-state index contributed by atoms with van der Waals surface area (Å²) in [5.41, 5.74) is -0.652. The first-order valence-electron chi connectivity index (χ1n) is 8.84. The third kappa shape index (κ3) is 3.43. The van der Waals surface area contributed by atoms with Crippen LogP contribution < -0.4 is 5.56 Å². The number of rotatable bonds is 4. The highest BCUT2D eigenvalue weighted by Gasteiger charge is 2.30. The van der Waals surface area contributed by atoms with Crippen LogP contribution in [0.1, 0.15) is 18.5 Å². The van der Waals surface area contributed by atoms with E-state index in [1.165, 1.54) is 35.6 Å². The highest BCUT2D eigenvalue weighted by Crippen LogP contribution is 2.30. The van der Waals surface area contributed by atoms with Crippen LogP contribution in [0.4, 0.5) is 13.2 Å². The van der Waals surface area contributed by atoms with Crippen LogP contribution in [-0.4, -0.2) is 40.8 Å². The van der Waals surface area contributed by atoms with Gasteiger partial charge < -0.3 is 5.11 Å². The predicted molar refractivity (Wildman–Crippen MR) is 101 cm³/mol. The summed E-state index contributed by atoms with van der Waals surface area (Å²) in [7, 11) is 0. The Balaban J connectivity index is 1.96. The number of hydrogen-bond donors (Lipinski definition) is 1. The number of alkyl halides is 3. The van der Waals surface area contributed by atoms with Gasteiger partial charge in [0.05, 0.1) is 41.3 Å². The van der Waals surface area contributed by atoms with Crippen LogP contribution >= 0.6 is 0 Å². The molecule has 4 aromatic rings. The average molecular weight is 416 g/mol. The molecule has 0 aliphatic rings. The van der Waals surface area contributed by atoms with Crippen molar-refractivity contribution in [2.45, 2.75) is 19.1 Å². The summed E-state index contributed by atoms with van der Waals surface area (Å²) in [6, 6.07) is 3.02. The van der Waals surface area contributed by atoms with Gasteiger partial charge in [-0.3, -0.25) is 18.9 Å². The van der Waals surface area contributed by atoms with Gasteiger partial charge in [0, 0.05) is 18.6 Å². The molecule has 0 amide bonds. The molecule has 4 heterocycles. The molecular formula is C19H15F3N6O2. The van der Waals surface area contributed by atoms with Crippen LogP contribution in [-0.2, 0) is 6.18 Å². The molecule has 0 saturated carbocycles. The fraction of sp³-hybridized carbons (Fsp3) is 0.211. The van der Waals surface area contributed by atoms with Gasteiger partial charge in [-0.25, -0.2) is 15.0 Å². The van der Waals surface area contributed by atoms with Crippen LogP contribution in [0.15, 0.2) is 54.2 Å². The van der Waals surface area contributed by atoms with Crippen molar-refractivity contribution in [3.05, 3.63) is 65.4 Å². The van der Waals surface area contributed by atoms with Gasteiger partial charge in [-0.1, -0.05) is 0 Å². The van der Waals surface area contributed by atoms with E-state index in [9.17, 15) is 23.1 Å². The minimum atomic E-state index is -4.51. The molecule has 0 aliphatic heterocycles. The largest absolute Gasteiger partial charge is 0.417 e. The minimum absolute atomic E-state index is 0.163. The second-order valence-electron chi connectivity index (χ2n) is 6.62. The smallest absolute Gasteiger partial charge is 0.394 e. The lowest BCUT2D eigenvalue weighted by atomic mass is 10.1. The zero-order chi connectivity index (χ0) is 21.5. The number of hydrogen-bond acceptors (Lipinski definition) is 6. The topological polar surface area (TPSA) is 98.7 Å². The second-order valence-corrected chi connectivity index (χ2v) is 6.62. The Morgan fingerprint density at radius 3 is 2.57 bits per heavy atom. The molecule has 0 unspecified atom stereocenters. The fourth-order valence-electron chi connectivity index (χ4n) is 2.94. The van der Waals surface area contributed by atoms with E-state index < -0.39 is 23.3 Å². The molecule has 0 radical (unpaired) electrons. The van der Waals surface area contributed by atoms with E-state index in [2.05, 4.69) is 19.9 Å². The average Bonchev–Trinajstić information content (AvgIpc) is 3.27. The zero-order valence-electron chi connectivity index (χ0n) is 15.6. The monoisotopic (exact) mass is 416 g/mol. The molecule has 0 aromatic carbocycles. The Morgan fingerprint density at radius 1 is 1.17 bits per heavy atom. The van der Waals surface area contributed by atoms with E-state index >= 15 is 0 Å². The van der Waals surface area contributed by atoms with Gasteiger partial charge in [-0.15, -0.1) is 0 Å². The fourth-order valence-corrected chi connectivity index (χ4v) is 2.94. The summed E-state index contributed by atoms with van der Waals surface area (Å²) in [6.45, 7) is 1.39.